The van der Waals surface area contributed by atoms with Crippen LogP contribution in [0.15, 0.2) is 59.4 Å². The van der Waals surface area contributed by atoms with Gasteiger partial charge in [-0.3, -0.25) is 9.59 Å². The lowest BCUT2D eigenvalue weighted by Gasteiger charge is -2.31. The Morgan fingerprint density at radius 2 is 1.93 bits per heavy atom. The fraction of sp³-hybridized carbons (Fsp3) is 0.318. The topological polar surface area (TPSA) is 80.4 Å². The Hall–Kier alpha value is -3.35. The summed E-state index contributed by atoms with van der Waals surface area (Å²) in [5, 5.41) is 7.54. The summed E-state index contributed by atoms with van der Waals surface area (Å²) < 4.78 is 6.81. The molecule has 7 nitrogen and oxygen atoms in total. The fourth-order valence-electron chi connectivity index (χ4n) is 3.66. The highest BCUT2D eigenvalue weighted by molar-refractivity contribution is 5.95. The van der Waals surface area contributed by atoms with Crippen molar-refractivity contribution in [3.63, 3.8) is 0 Å². The van der Waals surface area contributed by atoms with Crippen LogP contribution in [0.2, 0.25) is 0 Å². The van der Waals surface area contributed by atoms with Crippen LogP contribution in [0.1, 0.15) is 34.5 Å². The van der Waals surface area contributed by atoms with Gasteiger partial charge in [0.1, 0.15) is 12.1 Å². The largest absolute Gasteiger partial charge is 0.472 e. The third kappa shape index (κ3) is 4.39. The van der Waals surface area contributed by atoms with Gasteiger partial charge in [0.25, 0.3) is 5.91 Å². The molecule has 0 atom stereocenters. The molecule has 2 aromatic heterocycles. The van der Waals surface area contributed by atoms with Crippen molar-refractivity contribution in [2.75, 3.05) is 18.4 Å². The molecule has 1 fully saturated rings. The number of nitrogens with zero attached hydrogens (tertiary/aromatic N) is 3. The summed E-state index contributed by atoms with van der Waals surface area (Å²) in [5.41, 5.74) is 2.53. The summed E-state index contributed by atoms with van der Waals surface area (Å²) in [6.07, 6.45) is 4.23. The van der Waals surface area contributed by atoms with Crippen LogP contribution in [0, 0.1) is 12.8 Å². The predicted octanol–water partition coefficient (Wildman–Crippen LogP) is 3.32. The normalized spacial score (nSPS) is 14.7. The van der Waals surface area contributed by atoms with Gasteiger partial charge in [0, 0.05) is 25.1 Å². The Labute approximate surface area is 169 Å². The van der Waals surface area contributed by atoms with Crippen molar-refractivity contribution in [1.82, 2.24) is 14.7 Å². The lowest BCUT2D eigenvalue weighted by atomic mass is 9.95. The quantitative estimate of drug-likeness (QED) is 0.722. The Morgan fingerprint density at radius 3 is 2.62 bits per heavy atom. The number of hydrogen-bond acceptors (Lipinski definition) is 4. The minimum Gasteiger partial charge on any atom is -0.472 e. The van der Waals surface area contributed by atoms with Gasteiger partial charge in [-0.15, -0.1) is 0 Å². The maximum atomic E-state index is 12.8. The number of carbonyl (C=O) groups is 2. The van der Waals surface area contributed by atoms with Crippen molar-refractivity contribution < 1.29 is 14.0 Å². The number of carbonyl (C=O) groups excluding carboxylic acids is 2. The van der Waals surface area contributed by atoms with Crippen molar-refractivity contribution >= 4 is 17.6 Å². The van der Waals surface area contributed by atoms with Gasteiger partial charge in [-0.05, 0) is 31.4 Å². The number of furan rings is 1. The van der Waals surface area contributed by atoms with Crippen LogP contribution in [0.5, 0.6) is 0 Å². The summed E-state index contributed by atoms with van der Waals surface area (Å²) in [7, 11) is 0. The van der Waals surface area contributed by atoms with Crippen LogP contribution in [0.3, 0.4) is 0 Å². The van der Waals surface area contributed by atoms with Gasteiger partial charge in [0.05, 0.1) is 24.1 Å². The zero-order chi connectivity index (χ0) is 20.2. The van der Waals surface area contributed by atoms with Gasteiger partial charge in [-0.1, -0.05) is 30.3 Å². The number of likely N-dealkylation sites (tertiary alicyclic amines) is 1. The second kappa shape index (κ2) is 8.34. The highest BCUT2D eigenvalue weighted by atomic mass is 16.3. The number of benzene rings is 1. The first-order valence-electron chi connectivity index (χ1n) is 9.81. The van der Waals surface area contributed by atoms with Crippen LogP contribution in [-0.2, 0) is 11.3 Å². The Morgan fingerprint density at radius 1 is 1.17 bits per heavy atom. The maximum absolute atomic E-state index is 12.8. The molecule has 4 rings (SSSR count). The minimum atomic E-state index is -0.121. The number of aromatic nitrogens is 2. The van der Waals surface area contributed by atoms with Crippen LogP contribution in [0.25, 0.3) is 0 Å². The highest BCUT2D eigenvalue weighted by Gasteiger charge is 2.28. The highest BCUT2D eigenvalue weighted by Crippen LogP contribution is 2.22. The number of rotatable bonds is 5. The van der Waals surface area contributed by atoms with Gasteiger partial charge >= 0.3 is 0 Å². The van der Waals surface area contributed by atoms with Crippen molar-refractivity contribution in [3.05, 3.63) is 71.8 Å². The average Bonchev–Trinajstić information content (AvgIpc) is 3.38. The molecule has 0 aliphatic carbocycles. The molecule has 0 radical (unpaired) electrons. The van der Waals surface area contributed by atoms with Crippen LogP contribution >= 0.6 is 0 Å². The summed E-state index contributed by atoms with van der Waals surface area (Å²) in [4.78, 5) is 27.0. The molecular weight excluding hydrogens is 368 g/mol. The van der Waals surface area contributed by atoms with Crippen LogP contribution in [0.4, 0.5) is 5.82 Å². The Bertz CT molecular complexity index is 971. The third-order valence-electron chi connectivity index (χ3n) is 5.25. The van der Waals surface area contributed by atoms with E-state index in [9.17, 15) is 9.59 Å². The molecule has 1 aliphatic heterocycles. The summed E-state index contributed by atoms with van der Waals surface area (Å²) in [6.45, 7) is 3.63. The molecule has 7 heteroatoms. The monoisotopic (exact) mass is 392 g/mol. The van der Waals surface area contributed by atoms with Crippen LogP contribution in [-0.4, -0.2) is 39.6 Å². The van der Waals surface area contributed by atoms with E-state index in [1.165, 1.54) is 12.5 Å². The summed E-state index contributed by atoms with van der Waals surface area (Å²) >= 11 is 0. The van der Waals surface area contributed by atoms with Crippen molar-refractivity contribution in [2.24, 2.45) is 5.92 Å². The van der Waals surface area contributed by atoms with E-state index >= 15 is 0 Å². The lowest BCUT2D eigenvalue weighted by Crippen LogP contribution is -2.41. The maximum Gasteiger partial charge on any atom is 0.257 e. The Balaban J connectivity index is 1.36. The predicted molar refractivity (Wildman–Crippen MR) is 108 cm³/mol. The number of piperidine rings is 1. The van der Waals surface area contributed by atoms with E-state index in [-0.39, 0.29) is 17.7 Å². The second-order valence-corrected chi connectivity index (χ2v) is 7.38. The number of hydrogen-bond donors (Lipinski definition) is 1. The molecule has 1 aromatic carbocycles. The summed E-state index contributed by atoms with van der Waals surface area (Å²) in [5.74, 6) is 0.515. The van der Waals surface area contributed by atoms with E-state index in [4.69, 9.17) is 4.42 Å². The molecule has 3 aromatic rings. The molecule has 1 aliphatic rings. The Kier molecular flexibility index (Phi) is 5.46. The molecule has 2 amide bonds. The first-order valence-corrected chi connectivity index (χ1v) is 9.81. The fourth-order valence-corrected chi connectivity index (χ4v) is 3.66. The zero-order valence-corrected chi connectivity index (χ0v) is 16.4. The molecule has 3 heterocycles. The number of amides is 2. The molecule has 29 heavy (non-hydrogen) atoms. The minimum absolute atomic E-state index is 0.0189. The first kappa shape index (κ1) is 19.0. The first-order chi connectivity index (χ1) is 14.1. The number of nitrogens with one attached hydrogen (secondary N) is 1. The SMILES string of the molecule is Cc1cc(NC(=O)C2CCN(C(=O)c3ccoc3)CC2)n(Cc2ccccc2)n1. The van der Waals surface area contributed by atoms with Gasteiger partial charge in [-0.2, -0.15) is 5.10 Å². The standard InChI is InChI=1S/C22H24N4O3/c1-16-13-20(26(24-16)14-17-5-3-2-4-6-17)23-21(27)18-7-10-25(11-8-18)22(28)19-9-12-29-15-19/h2-6,9,12-13,15,18H,7-8,10-11,14H2,1H3,(H,23,27). The van der Waals surface area contributed by atoms with Crippen LogP contribution < -0.4 is 5.32 Å². The van der Waals surface area contributed by atoms with Gasteiger partial charge < -0.3 is 14.6 Å². The van der Waals surface area contributed by atoms with Crippen molar-refractivity contribution in [3.8, 4) is 0 Å². The molecule has 1 N–H and O–H groups in total. The van der Waals surface area contributed by atoms with Gasteiger partial charge in [0.2, 0.25) is 5.91 Å². The molecule has 0 bridgehead atoms. The smallest absolute Gasteiger partial charge is 0.257 e. The molecule has 0 unspecified atom stereocenters. The van der Waals surface area contributed by atoms with Gasteiger partial charge in [0.15, 0.2) is 0 Å². The molecule has 150 valence electrons. The third-order valence-corrected chi connectivity index (χ3v) is 5.25. The second-order valence-electron chi connectivity index (χ2n) is 7.38. The van der Waals surface area contributed by atoms with E-state index in [0.717, 1.165) is 11.3 Å². The zero-order valence-electron chi connectivity index (χ0n) is 16.4. The van der Waals surface area contributed by atoms with Crippen molar-refractivity contribution in [2.45, 2.75) is 26.3 Å². The van der Waals surface area contributed by atoms with Crippen molar-refractivity contribution in [1.29, 1.82) is 0 Å². The summed E-state index contributed by atoms with van der Waals surface area (Å²) in [6, 6.07) is 13.6. The number of anilines is 1. The van der Waals surface area contributed by atoms with E-state index in [1.807, 2.05) is 48.0 Å². The molecule has 0 saturated carbocycles. The van der Waals surface area contributed by atoms with E-state index in [2.05, 4.69) is 10.4 Å². The van der Waals surface area contributed by atoms with E-state index in [0.29, 0.717) is 43.9 Å². The molecular formula is C22H24N4O3. The lowest BCUT2D eigenvalue weighted by molar-refractivity contribution is -0.121. The average molecular weight is 392 g/mol. The molecule has 0 spiro atoms. The molecule has 1 saturated heterocycles. The number of aryl methyl sites for hydroxylation is 1. The van der Waals surface area contributed by atoms with E-state index in [1.54, 1.807) is 11.0 Å². The van der Waals surface area contributed by atoms with Gasteiger partial charge in [-0.25, -0.2) is 4.68 Å². The van der Waals surface area contributed by atoms with E-state index < -0.39 is 0 Å².